The number of morpholine rings is 1. The van der Waals surface area contributed by atoms with Gasteiger partial charge in [0, 0.05) is 26.2 Å². The van der Waals surface area contributed by atoms with Crippen molar-refractivity contribution in [1.29, 1.82) is 0 Å². The molecule has 1 N–H and O–H groups in total. The summed E-state index contributed by atoms with van der Waals surface area (Å²) in [5.74, 6) is 2.63. The van der Waals surface area contributed by atoms with Gasteiger partial charge in [-0.1, -0.05) is 0 Å². The van der Waals surface area contributed by atoms with Crippen molar-refractivity contribution in [2.45, 2.75) is 12.8 Å². The fourth-order valence-electron chi connectivity index (χ4n) is 3.22. The molecule has 1 aromatic heterocycles. The van der Waals surface area contributed by atoms with Crippen LogP contribution in [0.4, 0.5) is 17.8 Å². The molecule has 0 aliphatic carbocycles. The zero-order chi connectivity index (χ0) is 19.2. The molecule has 2 aromatic rings. The van der Waals surface area contributed by atoms with Crippen LogP contribution in [0.5, 0.6) is 5.75 Å². The smallest absolute Gasteiger partial charge is 0.250 e. The normalized spacial score (nSPS) is 17.3. The van der Waals surface area contributed by atoms with E-state index in [1.165, 1.54) is 0 Å². The van der Waals surface area contributed by atoms with Crippen molar-refractivity contribution < 1.29 is 9.47 Å². The fourth-order valence-corrected chi connectivity index (χ4v) is 3.22. The lowest BCUT2D eigenvalue weighted by Gasteiger charge is -2.27. The standard InChI is InChI=1S/C19H25N7O2/c1-27-16-6-4-15(5-7-16)14-20-24-17-21-18(25-8-2-3-9-25)23-19(22-17)26-10-12-28-13-11-26/h4-7,14H,2-3,8-13H2,1H3,(H,21,22,23,24). The number of methoxy groups -OCH3 is 1. The number of hydrogen-bond donors (Lipinski definition) is 1. The fraction of sp³-hybridized carbons (Fsp3) is 0.474. The van der Waals surface area contributed by atoms with Crippen molar-refractivity contribution in [3.8, 4) is 5.75 Å². The highest BCUT2D eigenvalue weighted by molar-refractivity contribution is 5.80. The number of nitrogens with zero attached hydrogens (tertiary/aromatic N) is 6. The summed E-state index contributed by atoms with van der Waals surface area (Å²) in [6.07, 6.45) is 4.06. The van der Waals surface area contributed by atoms with Crippen molar-refractivity contribution in [2.24, 2.45) is 5.10 Å². The minimum atomic E-state index is 0.447. The Morgan fingerprint density at radius 1 is 0.964 bits per heavy atom. The van der Waals surface area contributed by atoms with E-state index in [2.05, 4.69) is 30.3 Å². The number of hydrazone groups is 1. The van der Waals surface area contributed by atoms with Gasteiger partial charge in [0.05, 0.1) is 26.5 Å². The largest absolute Gasteiger partial charge is 0.497 e. The average molecular weight is 383 g/mol. The van der Waals surface area contributed by atoms with Gasteiger partial charge in [0.2, 0.25) is 17.8 Å². The first kappa shape index (κ1) is 18.4. The monoisotopic (exact) mass is 383 g/mol. The highest BCUT2D eigenvalue weighted by Crippen LogP contribution is 2.21. The summed E-state index contributed by atoms with van der Waals surface area (Å²) in [5.41, 5.74) is 3.91. The van der Waals surface area contributed by atoms with Crippen LogP contribution in [0, 0.1) is 0 Å². The highest BCUT2D eigenvalue weighted by Gasteiger charge is 2.21. The Kier molecular flexibility index (Phi) is 5.81. The van der Waals surface area contributed by atoms with Crippen LogP contribution in [0.15, 0.2) is 29.4 Å². The minimum absolute atomic E-state index is 0.447. The summed E-state index contributed by atoms with van der Waals surface area (Å²) in [4.78, 5) is 18.2. The Balaban J connectivity index is 1.52. The third-order valence-corrected chi connectivity index (χ3v) is 4.79. The molecule has 28 heavy (non-hydrogen) atoms. The molecular weight excluding hydrogens is 358 g/mol. The maximum Gasteiger partial charge on any atom is 0.250 e. The number of hydrogen-bond acceptors (Lipinski definition) is 9. The van der Waals surface area contributed by atoms with Gasteiger partial charge < -0.3 is 19.3 Å². The Labute approximate surface area is 164 Å². The van der Waals surface area contributed by atoms with Gasteiger partial charge >= 0.3 is 0 Å². The maximum absolute atomic E-state index is 5.44. The van der Waals surface area contributed by atoms with Crippen LogP contribution in [0.3, 0.4) is 0 Å². The molecule has 0 bridgehead atoms. The second-order valence-corrected chi connectivity index (χ2v) is 6.70. The molecule has 2 aliphatic heterocycles. The van der Waals surface area contributed by atoms with E-state index in [-0.39, 0.29) is 0 Å². The Hall–Kier alpha value is -2.94. The number of nitrogens with one attached hydrogen (secondary N) is 1. The molecule has 0 unspecified atom stereocenters. The van der Waals surface area contributed by atoms with E-state index < -0.39 is 0 Å². The number of ether oxygens (including phenoxy) is 2. The van der Waals surface area contributed by atoms with Crippen molar-refractivity contribution in [3.63, 3.8) is 0 Å². The lowest BCUT2D eigenvalue weighted by atomic mass is 10.2. The molecular formula is C19H25N7O2. The van der Waals surface area contributed by atoms with Gasteiger partial charge in [-0.15, -0.1) is 0 Å². The maximum atomic E-state index is 5.44. The molecule has 148 valence electrons. The second-order valence-electron chi connectivity index (χ2n) is 6.70. The first-order valence-corrected chi connectivity index (χ1v) is 9.59. The van der Waals surface area contributed by atoms with E-state index in [1.807, 2.05) is 24.3 Å². The number of benzene rings is 1. The van der Waals surface area contributed by atoms with Crippen LogP contribution in [0.2, 0.25) is 0 Å². The molecule has 0 saturated carbocycles. The SMILES string of the molecule is COc1ccc(C=NNc2nc(N3CCCC3)nc(N3CCOCC3)n2)cc1. The number of rotatable bonds is 6. The topological polar surface area (TPSA) is 88.0 Å². The molecule has 4 rings (SSSR count). The van der Waals surface area contributed by atoms with Gasteiger partial charge in [-0.2, -0.15) is 20.1 Å². The molecule has 1 aromatic carbocycles. The number of anilines is 3. The minimum Gasteiger partial charge on any atom is -0.497 e. The lowest BCUT2D eigenvalue weighted by molar-refractivity contribution is 0.122. The third-order valence-electron chi connectivity index (χ3n) is 4.79. The molecule has 0 atom stereocenters. The van der Waals surface area contributed by atoms with Crippen LogP contribution in [-0.2, 0) is 4.74 Å². The Morgan fingerprint density at radius 2 is 1.61 bits per heavy atom. The molecule has 2 fully saturated rings. The predicted octanol–water partition coefficient (Wildman–Crippen LogP) is 1.76. The van der Waals surface area contributed by atoms with E-state index in [0.717, 1.165) is 50.3 Å². The first-order valence-electron chi connectivity index (χ1n) is 9.59. The second kappa shape index (κ2) is 8.83. The highest BCUT2D eigenvalue weighted by atomic mass is 16.5. The summed E-state index contributed by atoms with van der Waals surface area (Å²) in [6, 6.07) is 7.66. The molecule has 0 spiro atoms. The van der Waals surface area contributed by atoms with Crippen molar-refractivity contribution in [2.75, 3.05) is 61.7 Å². The molecule has 3 heterocycles. The van der Waals surface area contributed by atoms with Gasteiger partial charge in [-0.05, 0) is 42.7 Å². The zero-order valence-electron chi connectivity index (χ0n) is 16.0. The summed E-state index contributed by atoms with van der Waals surface area (Å²) in [5, 5.41) is 4.29. The lowest BCUT2D eigenvalue weighted by Crippen LogP contribution is -2.38. The zero-order valence-corrected chi connectivity index (χ0v) is 16.0. The van der Waals surface area contributed by atoms with Crippen molar-refractivity contribution in [1.82, 2.24) is 15.0 Å². The third kappa shape index (κ3) is 4.48. The van der Waals surface area contributed by atoms with E-state index in [9.17, 15) is 0 Å². The molecule has 0 radical (unpaired) electrons. The van der Waals surface area contributed by atoms with Gasteiger partial charge in [0.1, 0.15) is 5.75 Å². The van der Waals surface area contributed by atoms with Crippen molar-refractivity contribution in [3.05, 3.63) is 29.8 Å². The Bertz CT molecular complexity index is 800. The van der Waals surface area contributed by atoms with E-state index in [1.54, 1.807) is 13.3 Å². The molecule has 2 aliphatic rings. The van der Waals surface area contributed by atoms with Gasteiger partial charge in [-0.25, -0.2) is 5.43 Å². The summed E-state index contributed by atoms with van der Waals surface area (Å²) < 4.78 is 10.6. The van der Waals surface area contributed by atoms with Gasteiger partial charge in [-0.3, -0.25) is 0 Å². The van der Waals surface area contributed by atoms with E-state index >= 15 is 0 Å². The first-order chi connectivity index (χ1) is 13.8. The summed E-state index contributed by atoms with van der Waals surface area (Å²) >= 11 is 0. The van der Waals surface area contributed by atoms with Gasteiger partial charge in [0.25, 0.3) is 0 Å². The Morgan fingerprint density at radius 3 is 2.25 bits per heavy atom. The summed E-state index contributed by atoms with van der Waals surface area (Å²) in [7, 11) is 1.65. The number of aromatic nitrogens is 3. The average Bonchev–Trinajstić information content (AvgIpc) is 3.30. The molecule has 9 nitrogen and oxygen atoms in total. The van der Waals surface area contributed by atoms with Gasteiger partial charge in [0.15, 0.2) is 0 Å². The van der Waals surface area contributed by atoms with Crippen LogP contribution in [0.1, 0.15) is 18.4 Å². The molecule has 0 amide bonds. The van der Waals surface area contributed by atoms with Crippen LogP contribution < -0.4 is 20.0 Å². The predicted molar refractivity (Wildman–Crippen MR) is 109 cm³/mol. The van der Waals surface area contributed by atoms with Crippen molar-refractivity contribution >= 4 is 24.1 Å². The molecule has 9 heteroatoms. The summed E-state index contributed by atoms with van der Waals surface area (Å²) in [6.45, 7) is 4.87. The van der Waals surface area contributed by atoms with E-state index in [4.69, 9.17) is 14.5 Å². The van der Waals surface area contributed by atoms with E-state index in [0.29, 0.717) is 31.1 Å². The quantitative estimate of drug-likeness (QED) is 0.596. The molecule has 2 saturated heterocycles. The van der Waals surface area contributed by atoms with Crippen LogP contribution in [-0.4, -0.2) is 67.7 Å². The van der Waals surface area contributed by atoms with Crippen LogP contribution in [0.25, 0.3) is 0 Å². The van der Waals surface area contributed by atoms with Crippen LogP contribution >= 0.6 is 0 Å².